The summed E-state index contributed by atoms with van der Waals surface area (Å²) < 4.78 is 33.4. The van der Waals surface area contributed by atoms with Gasteiger partial charge in [-0.15, -0.1) is 0 Å². The predicted octanol–water partition coefficient (Wildman–Crippen LogP) is 2.52. The predicted molar refractivity (Wildman–Crippen MR) is 116 cm³/mol. The summed E-state index contributed by atoms with van der Waals surface area (Å²) in [5.74, 6) is -0.984. The Bertz CT molecular complexity index is 1190. The van der Waals surface area contributed by atoms with Gasteiger partial charge in [0.15, 0.2) is 0 Å². The van der Waals surface area contributed by atoms with Crippen LogP contribution < -0.4 is 20.5 Å². The van der Waals surface area contributed by atoms with Gasteiger partial charge in [0.2, 0.25) is 15.9 Å². The van der Waals surface area contributed by atoms with Crippen LogP contribution in [-0.2, 0) is 16.6 Å². The Kier molecular flexibility index (Phi) is 6.68. The number of nitrogens with two attached hydrogens (primary N) is 1. The van der Waals surface area contributed by atoms with Gasteiger partial charge in [-0.05, 0) is 48.0 Å². The van der Waals surface area contributed by atoms with Crippen molar-refractivity contribution in [1.29, 1.82) is 0 Å². The average Bonchev–Trinajstić information content (AvgIpc) is 2.78. The number of rotatable bonds is 8. The molecular formula is C22H21N3O5S. The van der Waals surface area contributed by atoms with Crippen molar-refractivity contribution in [2.45, 2.75) is 11.4 Å². The fourth-order valence-electron chi connectivity index (χ4n) is 2.80. The zero-order valence-electron chi connectivity index (χ0n) is 16.7. The average molecular weight is 439 g/mol. The lowest BCUT2D eigenvalue weighted by Crippen LogP contribution is -2.24. The molecule has 3 rings (SSSR count). The van der Waals surface area contributed by atoms with Crippen molar-refractivity contribution >= 4 is 27.5 Å². The second kappa shape index (κ2) is 9.41. The van der Waals surface area contributed by atoms with Crippen molar-refractivity contribution in [3.8, 4) is 5.75 Å². The van der Waals surface area contributed by atoms with Crippen LogP contribution in [0.4, 0.5) is 5.69 Å². The van der Waals surface area contributed by atoms with Crippen LogP contribution in [0, 0.1) is 0 Å². The molecule has 0 aliphatic carbocycles. The molecule has 3 aromatic carbocycles. The summed E-state index contributed by atoms with van der Waals surface area (Å²) in [5, 5.41) is 2.65. The molecule has 4 N–H and O–H groups in total. The fraction of sp³-hybridized carbons (Fsp3) is 0.0909. The van der Waals surface area contributed by atoms with Gasteiger partial charge in [-0.2, -0.15) is 0 Å². The summed E-state index contributed by atoms with van der Waals surface area (Å²) in [6, 6.07) is 19.2. The highest BCUT2D eigenvalue weighted by Gasteiger charge is 2.21. The van der Waals surface area contributed by atoms with Crippen molar-refractivity contribution in [1.82, 2.24) is 4.72 Å². The highest BCUT2D eigenvalue weighted by atomic mass is 32.2. The maximum atomic E-state index is 12.9. The first kappa shape index (κ1) is 22.0. The van der Waals surface area contributed by atoms with Crippen LogP contribution in [0.2, 0.25) is 0 Å². The number of benzene rings is 3. The molecule has 2 amide bonds. The molecule has 0 fully saturated rings. The topological polar surface area (TPSA) is 128 Å². The zero-order valence-corrected chi connectivity index (χ0v) is 17.5. The second-order valence-electron chi connectivity index (χ2n) is 6.57. The molecular weight excluding hydrogens is 418 g/mol. The number of carbonyl (C=O) groups is 2. The molecule has 0 aliphatic rings. The van der Waals surface area contributed by atoms with Gasteiger partial charge in [0.25, 0.3) is 5.91 Å². The number of amides is 2. The molecule has 0 aromatic heterocycles. The Morgan fingerprint density at radius 1 is 0.935 bits per heavy atom. The summed E-state index contributed by atoms with van der Waals surface area (Å²) in [7, 11) is -2.60. The van der Waals surface area contributed by atoms with Gasteiger partial charge in [0.1, 0.15) is 10.6 Å². The van der Waals surface area contributed by atoms with E-state index in [9.17, 15) is 18.0 Å². The van der Waals surface area contributed by atoms with Crippen LogP contribution in [0.5, 0.6) is 5.75 Å². The minimum Gasteiger partial charge on any atom is -0.495 e. The summed E-state index contributed by atoms with van der Waals surface area (Å²) in [6.45, 7) is 0.0922. The van der Waals surface area contributed by atoms with E-state index in [1.54, 1.807) is 12.1 Å². The molecule has 0 aliphatic heterocycles. The summed E-state index contributed by atoms with van der Waals surface area (Å²) in [4.78, 5) is 23.6. The molecule has 0 unspecified atom stereocenters. The molecule has 0 saturated carbocycles. The van der Waals surface area contributed by atoms with E-state index in [4.69, 9.17) is 10.5 Å². The van der Waals surface area contributed by atoms with E-state index in [1.165, 1.54) is 49.6 Å². The number of hydrogen-bond acceptors (Lipinski definition) is 5. The maximum Gasteiger partial charge on any atom is 0.255 e. The minimum atomic E-state index is -3.95. The van der Waals surface area contributed by atoms with Gasteiger partial charge < -0.3 is 15.8 Å². The van der Waals surface area contributed by atoms with E-state index in [-0.39, 0.29) is 22.8 Å². The van der Waals surface area contributed by atoms with Crippen LogP contribution >= 0.6 is 0 Å². The van der Waals surface area contributed by atoms with Crippen molar-refractivity contribution in [3.05, 3.63) is 89.5 Å². The molecule has 0 saturated heterocycles. The Balaban J connectivity index is 1.82. The number of primary amides is 1. The fourth-order valence-corrected chi connectivity index (χ4v) is 4.01. The molecule has 0 radical (unpaired) electrons. The molecule has 0 heterocycles. The lowest BCUT2D eigenvalue weighted by molar-refractivity contribution is 0.0998. The van der Waals surface area contributed by atoms with Crippen molar-refractivity contribution in [2.75, 3.05) is 12.4 Å². The van der Waals surface area contributed by atoms with Crippen molar-refractivity contribution in [3.63, 3.8) is 0 Å². The minimum absolute atomic E-state index is 0.0922. The van der Waals surface area contributed by atoms with Crippen LogP contribution in [-0.4, -0.2) is 27.3 Å². The van der Waals surface area contributed by atoms with Gasteiger partial charge in [-0.1, -0.05) is 30.3 Å². The van der Waals surface area contributed by atoms with Crippen molar-refractivity contribution in [2.24, 2.45) is 5.73 Å². The zero-order chi connectivity index (χ0) is 22.4. The summed E-state index contributed by atoms with van der Waals surface area (Å²) in [5.41, 5.74) is 6.85. The molecule has 9 heteroatoms. The van der Waals surface area contributed by atoms with Crippen molar-refractivity contribution < 1.29 is 22.7 Å². The van der Waals surface area contributed by atoms with E-state index in [0.717, 1.165) is 5.56 Å². The second-order valence-corrected chi connectivity index (χ2v) is 8.31. The Morgan fingerprint density at radius 3 is 2.19 bits per heavy atom. The van der Waals surface area contributed by atoms with E-state index in [0.29, 0.717) is 11.3 Å². The highest BCUT2D eigenvalue weighted by molar-refractivity contribution is 7.89. The summed E-state index contributed by atoms with van der Waals surface area (Å²) in [6.07, 6.45) is 0. The maximum absolute atomic E-state index is 12.9. The number of sulfonamides is 1. The van der Waals surface area contributed by atoms with Crippen LogP contribution in [0.25, 0.3) is 0 Å². The summed E-state index contributed by atoms with van der Waals surface area (Å²) >= 11 is 0. The molecule has 0 spiro atoms. The lowest BCUT2D eigenvalue weighted by Gasteiger charge is -2.13. The molecule has 31 heavy (non-hydrogen) atoms. The van der Waals surface area contributed by atoms with E-state index < -0.39 is 21.8 Å². The number of ether oxygens (including phenoxy) is 1. The first-order chi connectivity index (χ1) is 14.8. The normalized spacial score (nSPS) is 11.0. The monoisotopic (exact) mass is 439 g/mol. The van der Waals surface area contributed by atoms with Crippen LogP contribution in [0.15, 0.2) is 77.7 Å². The molecule has 0 bridgehead atoms. The third kappa shape index (κ3) is 5.47. The largest absolute Gasteiger partial charge is 0.495 e. The van der Waals surface area contributed by atoms with Gasteiger partial charge in [-0.25, -0.2) is 13.1 Å². The third-order valence-electron chi connectivity index (χ3n) is 4.45. The smallest absolute Gasteiger partial charge is 0.255 e. The Hall–Kier alpha value is -3.69. The van der Waals surface area contributed by atoms with Gasteiger partial charge in [-0.3, -0.25) is 9.59 Å². The van der Waals surface area contributed by atoms with Gasteiger partial charge in [0, 0.05) is 23.4 Å². The molecule has 3 aromatic rings. The number of hydrogen-bond donors (Lipinski definition) is 3. The SMILES string of the molecule is COc1ccc(C(=O)Nc2ccc(C(N)=O)cc2)cc1S(=O)(=O)NCc1ccccc1. The first-order valence-corrected chi connectivity index (χ1v) is 10.7. The molecule has 0 atom stereocenters. The van der Waals surface area contributed by atoms with E-state index in [2.05, 4.69) is 10.0 Å². The standard InChI is InChI=1S/C22H21N3O5S/c1-30-19-12-9-17(22(27)25-18-10-7-16(8-11-18)21(23)26)13-20(19)31(28,29)24-14-15-5-3-2-4-6-15/h2-13,24H,14H2,1H3,(H2,23,26)(H,25,27). The van der Waals surface area contributed by atoms with Crippen LogP contribution in [0.3, 0.4) is 0 Å². The third-order valence-corrected chi connectivity index (χ3v) is 5.87. The van der Waals surface area contributed by atoms with Crippen LogP contribution in [0.1, 0.15) is 26.3 Å². The van der Waals surface area contributed by atoms with E-state index in [1.807, 2.05) is 18.2 Å². The van der Waals surface area contributed by atoms with Gasteiger partial charge in [0.05, 0.1) is 7.11 Å². The number of nitrogens with one attached hydrogen (secondary N) is 2. The first-order valence-electron chi connectivity index (χ1n) is 9.23. The lowest BCUT2D eigenvalue weighted by atomic mass is 10.1. The number of carbonyl (C=O) groups excluding carboxylic acids is 2. The molecule has 8 nitrogen and oxygen atoms in total. The molecule has 160 valence electrons. The quantitative estimate of drug-likeness (QED) is 0.497. The van der Waals surface area contributed by atoms with Gasteiger partial charge >= 0.3 is 0 Å². The number of methoxy groups -OCH3 is 1. The Morgan fingerprint density at radius 2 is 1.58 bits per heavy atom. The highest BCUT2D eigenvalue weighted by Crippen LogP contribution is 2.25. The number of anilines is 1. The Labute approximate surface area is 180 Å². The van der Waals surface area contributed by atoms with E-state index >= 15 is 0 Å².